The van der Waals surface area contributed by atoms with Crippen molar-refractivity contribution in [2.24, 2.45) is 0 Å². The molecule has 0 saturated heterocycles. The largest absolute Gasteiger partial charge is 0.434 e. The van der Waals surface area contributed by atoms with Gasteiger partial charge in [0.1, 0.15) is 0 Å². The van der Waals surface area contributed by atoms with E-state index in [0.29, 0.717) is 0 Å². The van der Waals surface area contributed by atoms with Crippen molar-refractivity contribution in [3.63, 3.8) is 0 Å². The molecule has 86 valence electrons. The average Bonchev–Trinajstić information content (AvgIpc) is 2.35. The Balaban J connectivity index is 2.33. The van der Waals surface area contributed by atoms with Gasteiger partial charge in [-0.25, -0.2) is 0 Å². The zero-order valence-electron chi connectivity index (χ0n) is 9.36. The van der Waals surface area contributed by atoms with E-state index in [1.54, 1.807) is 8.05 Å². The molecule has 0 aromatic heterocycles. The second-order valence-corrected chi connectivity index (χ2v) is 6.21. The van der Waals surface area contributed by atoms with E-state index in [2.05, 4.69) is 93.7 Å². The molecule has 1 nitrogen and oxygen atoms in total. The third kappa shape index (κ3) is 3.45. The second-order valence-electron chi connectivity index (χ2n) is 3.72. The first-order valence-corrected chi connectivity index (χ1v) is 7.40. The van der Waals surface area contributed by atoms with Gasteiger partial charge in [0.05, 0.1) is 6.10 Å². The fourth-order valence-corrected chi connectivity index (χ4v) is 2.46. The van der Waals surface area contributed by atoms with Crippen LogP contribution in [0.3, 0.4) is 0 Å². The first kappa shape index (κ1) is 13.4. The van der Waals surface area contributed by atoms with Crippen molar-refractivity contribution in [1.29, 1.82) is 0 Å². The highest BCUT2D eigenvalue weighted by atomic mass is 127. The molecule has 0 saturated carbocycles. The van der Waals surface area contributed by atoms with E-state index in [9.17, 15) is 0 Å². The Morgan fingerprint density at radius 1 is 0.765 bits per heavy atom. The molecule has 2 aromatic rings. The lowest BCUT2D eigenvalue weighted by atomic mass is 10.0. The summed E-state index contributed by atoms with van der Waals surface area (Å²) in [6.07, 6.45) is 0.0176. The molecule has 0 aliphatic carbocycles. The van der Waals surface area contributed by atoms with Crippen LogP contribution in [0.15, 0.2) is 48.5 Å². The summed E-state index contributed by atoms with van der Waals surface area (Å²) < 4.78 is 8.08. The van der Waals surface area contributed by atoms with Gasteiger partial charge >= 0.3 is 0 Å². The fourth-order valence-electron chi connectivity index (χ4n) is 1.74. The van der Waals surface area contributed by atoms with E-state index < -0.39 is 0 Å². The van der Waals surface area contributed by atoms with E-state index in [1.165, 1.54) is 18.3 Å². The van der Waals surface area contributed by atoms with Crippen molar-refractivity contribution in [3.8, 4) is 0 Å². The van der Waals surface area contributed by atoms with Gasteiger partial charge in [-0.15, -0.1) is 0 Å². The normalized spacial score (nSPS) is 10.8. The first-order valence-electron chi connectivity index (χ1n) is 5.24. The molecule has 0 N–H and O–H groups in total. The highest BCUT2D eigenvalue weighted by Crippen LogP contribution is 2.26. The van der Waals surface area contributed by atoms with Crippen LogP contribution in [0.1, 0.15) is 17.2 Å². The number of benzene rings is 2. The van der Waals surface area contributed by atoms with Gasteiger partial charge in [-0.05, 0) is 80.6 Å². The van der Waals surface area contributed by atoms with E-state index in [4.69, 9.17) is 4.65 Å². The van der Waals surface area contributed by atoms with E-state index in [-0.39, 0.29) is 6.10 Å². The summed E-state index contributed by atoms with van der Waals surface area (Å²) in [4.78, 5) is 0. The van der Waals surface area contributed by atoms with E-state index in [1.807, 2.05) is 0 Å². The molecular formula is C13H11BI2O. The highest BCUT2D eigenvalue weighted by molar-refractivity contribution is 14.1. The van der Waals surface area contributed by atoms with Gasteiger partial charge in [0.15, 0.2) is 0 Å². The number of hydrogen-bond acceptors (Lipinski definition) is 1. The second kappa shape index (κ2) is 6.20. The van der Waals surface area contributed by atoms with Crippen molar-refractivity contribution in [1.82, 2.24) is 0 Å². The van der Waals surface area contributed by atoms with Crippen LogP contribution in [0.2, 0.25) is 0 Å². The van der Waals surface area contributed by atoms with Crippen LogP contribution in [-0.2, 0) is 4.65 Å². The summed E-state index contributed by atoms with van der Waals surface area (Å²) >= 11 is 4.62. The van der Waals surface area contributed by atoms with Gasteiger partial charge < -0.3 is 4.65 Å². The van der Waals surface area contributed by atoms with Crippen LogP contribution in [-0.4, -0.2) is 8.05 Å². The Kier molecular flexibility index (Phi) is 4.87. The lowest BCUT2D eigenvalue weighted by Crippen LogP contribution is -2.04. The average molecular weight is 448 g/mol. The van der Waals surface area contributed by atoms with Crippen LogP contribution >= 0.6 is 45.2 Å². The summed E-state index contributed by atoms with van der Waals surface area (Å²) in [6.45, 7) is 0. The van der Waals surface area contributed by atoms with Gasteiger partial charge in [-0.1, -0.05) is 24.3 Å². The Labute approximate surface area is 130 Å². The Morgan fingerprint density at radius 3 is 1.41 bits per heavy atom. The molecule has 2 aromatic carbocycles. The van der Waals surface area contributed by atoms with E-state index in [0.717, 1.165) is 0 Å². The van der Waals surface area contributed by atoms with Crippen LogP contribution in [0.4, 0.5) is 0 Å². The van der Waals surface area contributed by atoms with Gasteiger partial charge in [0.25, 0.3) is 8.05 Å². The van der Waals surface area contributed by atoms with Crippen molar-refractivity contribution >= 4 is 53.2 Å². The van der Waals surface area contributed by atoms with Crippen LogP contribution in [0.5, 0.6) is 0 Å². The molecule has 0 radical (unpaired) electrons. The monoisotopic (exact) mass is 448 g/mol. The minimum atomic E-state index is 0.0176. The summed E-state index contributed by atoms with van der Waals surface area (Å²) in [5, 5.41) is 0. The maximum absolute atomic E-state index is 5.60. The van der Waals surface area contributed by atoms with Gasteiger partial charge in [-0.2, -0.15) is 0 Å². The van der Waals surface area contributed by atoms with Crippen LogP contribution < -0.4 is 0 Å². The lowest BCUT2D eigenvalue weighted by Gasteiger charge is -2.17. The summed E-state index contributed by atoms with van der Waals surface area (Å²) in [5.74, 6) is 0. The van der Waals surface area contributed by atoms with E-state index >= 15 is 0 Å². The summed E-state index contributed by atoms with van der Waals surface area (Å²) in [6, 6.07) is 16.9. The van der Waals surface area contributed by atoms with Crippen LogP contribution in [0, 0.1) is 7.14 Å². The predicted molar refractivity (Wildman–Crippen MR) is 89.8 cm³/mol. The highest BCUT2D eigenvalue weighted by Gasteiger charge is 2.11. The molecule has 0 heterocycles. The molecule has 17 heavy (non-hydrogen) atoms. The zero-order valence-corrected chi connectivity index (χ0v) is 13.7. The Hall–Kier alpha value is -0.0751. The third-order valence-corrected chi connectivity index (χ3v) is 4.02. The number of halogens is 2. The zero-order chi connectivity index (χ0) is 12.3. The molecule has 0 unspecified atom stereocenters. The summed E-state index contributed by atoms with van der Waals surface area (Å²) in [5.41, 5.74) is 2.38. The quantitative estimate of drug-likeness (QED) is 0.516. The van der Waals surface area contributed by atoms with Crippen molar-refractivity contribution < 1.29 is 4.65 Å². The Morgan fingerprint density at radius 2 is 1.12 bits per heavy atom. The minimum Gasteiger partial charge on any atom is -0.434 e. The predicted octanol–water partition coefficient (Wildman–Crippen LogP) is 3.55. The third-order valence-electron chi connectivity index (χ3n) is 2.58. The number of rotatable bonds is 3. The summed E-state index contributed by atoms with van der Waals surface area (Å²) in [7, 11) is 1.75. The maximum atomic E-state index is 5.60. The van der Waals surface area contributed by atoms with Crippen LogP contribution in [0.25, 0.3) is 0 Å². The molecule has 0 fully saturated rings. The van der Waals surface area contributed by atoms with Crippen molar-refractivity contribution in [3.05, 3.63) is 66.8 Å². The SMILES string of the molecule is BOC(c1ccc(I)cc1)c1ccc(I)cc1. The molecule has 0 amide bonds. The molecule has 0 aliphatic heterocycles. The number of hydrogen-bond donors (Lipinski definition) is 0. The molecule has 0 atom stereocenters. The smallest absolute Gasteiger partial charge is 0.258 e. The van der Waals surface area contributed by atoms with Crippen molar-refractivity contribution in [2.45, 2.75) is 6.10 Å². The molecule has 0 bridgehead atoms. The molecular weight excluding hydrogens is 437 g/mol. The minimum absolute atomic E-state index is 0.0176. The first-order chi connectivity index (χ1) is 8.20. The molecule has 0 aliphatic rings. The topological polar surface area (TPSA) is 9.23 Å². The molecule has 4 heteroatoms. The van der Waals surface area contributed by atoms with Gasteiger partial charge in [0.2, 0.25) is 0 Å². The van der Waals surface area contributed by atoms with Crippen molar-refractivity contribution in [2.75, 3.05) is 0 Å². The standard InChI is InChI=1S/C13H11BI2O/c14-17-13(9-1-5-11(15)6-2-9)10-3-7-12(16)8-4-10/h1-8,13H,14H2. The lowest BCUT2D eigenvalue weighted by molar-refractivity contribution is 0.273. The molecule has 2 rings (SSSR count). The van der Waals surface area contributed by atoms with Gasteiger partial charge in [-0.3, -0.25) is 0 Å². The van der Waals surface area contributed by atoms with Gasteiger partial charge in [0, 0.05) is 7.14 Å². The Bertz CT molecular complexity index is 436. The molecule has 0 spiro atoms. The fraction of sp³-hybridized carbons (Fsp3) is 0.0769. The maximum Gasteiger partial charge on any atom is 0.258 e.